The SMILES string of the molecule is COc1nc(CO)c(I)cc1C(F)F. The van der Waals surface area contributed by atoms with Crippen molar-refractivity contribution in [2.45, 2.75) is 13.0 Å². The molecule has 0 aliphatic carbocycles. The van der Waals surface area contributed by atoms with Crippen molar-refractivity contribution in [3.8, 4) is 5.88 Å². The Balaban J connectivity index is 3.24. The van der Waals surface area contributed by atoms with Gasteiger partial charge in [-0.3, -0.25) is 0 Å². The van der Waals surface area contributed by atoms with E-state index in [-0.39, 0.29) is 18.1 Å². The van der Waals surface area contributed by atoms with E-state index < -0.39 is 6.43 Å². The van der Waals surface area contributed by atoms with E-state index in [4.69, 9.17) is 9.84 Å². The van der Waals surface area contributed by atoms with Gasteiger partial charge in [0.2, 0.25) is 5.88 Å². The summed E-state index contributed by atoms with van der Waals surface area (Å²) in [5.74, 6) is -0.135. The van der Waals surface area contributed by atoms with Gasteiger partial charge in [-0.1, -0.05) is 0 Å². The van der Waals surface area contributed by atoms with Gasteiger partial charge >= 0.3 is 0 Å². The molecule has 0 fully saturated rings. The van der Waals surface area contributed by atoms with Gasteiger partial charge in [0.1, 0.15) is 0 Å². The Labute approximate surface area is 93.2 Å². The van der Waals surface area contributed by atoms with Crippen LogP contribution in [0.3, 0.4) is 0 Å². The second kappa shape index (κ2) is 4.83. The lowest BCUT2D eigenvalue weighted by molar-refractivity contribution is 0.145. The fourth-order valence-electron chi connectivity index (χ4n) is 0.953. The molecular formula is C8H8F2INO2. The normalized spacial score (nSPS) is 10.7. The maximum atomic E-state index is 12.4. The fraction of sp³-hybridized carbons (Fsp3) is 0.375. The Morgan fingerprint density at radius 3 is 2.71 bits per heavy atom. The Hall–Kier alpha value is -0.500. The van der Waals surface area contributed by atoms with Gasteiger partial charge in [0, 0.05) is 3.57 Å². The van der Waals surface area contributed by atoms with Gasteiger partial charge in [-0.2, -0.15) is 0 Å². The molecule has 0 bridgehead atoms. The summed E-state index contributed by atoms with van der Waals surface area (Å²) in [6.45, 7) is -0.294. The van der Waals surface area contributed by atoms with Gasteiger partial charge in [0.05, 0.1) is 25.0 Å². The zero-order chi connectivity index (χ0) is 10.7. The fourth-order valence-corrected chi connectivity index (χ4v) is 1.58. The van der Waals surface area contributed by atoms with Gasteiger partial charge in [-0.25, -0.2) is 13.8 Å². The monoisotopic (exact) mass is 315 g/mol. The summed E-state index contributed by atoms with van der Waals surface area (Å²) < 4.78 is 30.1. The van der Waals surface area contributed by atoms with Crippen molar-refractivity contribution in [2.24, 2.45) is 0 Å². The minimum absolute atomic E-state index is 0.135. The molecule has 1 N–H and O–H groups in total. The second-order valence-electron chi connectivity index (χ2n) is 2.47. The molecule has 0 saturated heterocycles. The first-order valence-electron chi connectivity index (χ1n) is 3.72. The standard InChI is InChI=1S/C8H8F2INO2/c1-14-8-4(7(9)10)2-5(11)6(3-13)12-8/h2,7,13H,3H2,1H3. The molecule has 1 heterocycles. The van der Waals surface area contributed by atoms with Crippen molar-refractivity contribution < 1.29 is 18.6 Å². The lowest BCUT2D eigenvalue weighted by Gasteiger charge is -2.09. The third-order valence-electron chi connectivity index (χ3n) is 1.62. The highest BCUT2D eigenvalue weighted by Crippen LogP contribution is 2.29. The number of aromatic nitrogens is 1. The third-order valence-corrected chi connectivity index (χ3v) is 2.55. The van der Waals surface area contributed by atoms with Crippen LogP contribution in [0.4, 0.5) is 8.78 Å². The second-order valence-corrected chi connectivity index (χ2v) is 3.64. The third kappa shape index (κ3) is 2.30. The first-order chi connectivity index (χ1) is 6.60. The number of aliphatic hydroxyl groups excluding tert-OH is 1. The van der Waals surface area contributed by atoms with Crippen LogP contribution >= 0.6 is 22.6 Å². The predicted molar refractivity (Wildman–Crippen MR) is 54.4 cm³/mol. The molecule has 0 aliphatic heterocycles. The first kappa shape index (κ1) is 11.6. The van der Waals surface area contributed by atoms with Crippen LogP contribution in [0.1, 0.15) is 17.7 Å². The van der Waals surface area contributed by atoms with E-state index in [1.807, 2.05) is 22.6 Å². The van der Waals surface area contributed by atoms with Crippen LogP contribution in [-0.4, -0.2) is 17.2 Å². The zero-order valence-electron chi connectivity index (χ0n) is 7.30. The van der Waals surface area contributed by atoms with Crippen molar-refractivity contribution in [3.63, 3.8) is 0 Å². The minimum Gasteiger partial charge on any atom is -0.481 e. The molecule has 0 unspecified atom stereocenters. The highest BCUT2D eigenvalue weighted by molar-refractivity contribution is 14.1. The molecule has 6 heteroatoms. The molecule has 3 nitrogen and oxygen atoms in total. The highest BCUT2D eigenvalue weighted by atomic mass is 127. The van der Waals surface area contributed by atoms with Crippen LogP contribution in [0.2, 0.25) is 0 Å². The van der Waals surface area contributed by atoms with Crippen molar-refractivity contribution in [2.75, 3.05) is 7.11 Å². The summed E-state index contributed by atoms with van der Waals surface area (Å²) in [5.41, 5.74) is 0.0842. The minimum atomic E-state index is -2.63. The van der Waals surface area contributed by atoms with Crippen molar-refractivity contribution in [3.05, 3.63) is 20.9 Å². The molecular weight excluding hydrogens is 307 g/mol. The Morgan fingerprint density at radius 1 is 1.64 bits per heavy atom. The number of methoxy groups -OCH3 is 1. The molecule has 0 amide bonds. The molecule has 0 aliphatic rings. The summed E-state index contributed by atoms with van der Waals surface area (Å²) in [6.07, 6.45) is -2.63. The van der Waals surface area contributed by atoms with E-state index in [0.717, 1.165) is 0 Å². The van der Waals surface area contributed by atoms with Crippen LogP contribution in [0, 0.1) is 3.57 Å². The lowest BCUT2D eigenvalue weighted by Crippen LogP contribution is -2.02. The molecule has 0 spiro atoms. The van der Waals surface area contributed by atoms with Gasteiger partial charge in [-0.15, -0.1) is 0 Å². The number of aliphatic hydroxyl groups is 1. The maximum Gasteiger partial charge on any atom is 0.269 e. The average molecular weight is 315 g/mol. The molecule has 0 aromatic carbocycles. The van der Waals surface area contributed by atoms with E-state index in [1.165, 1.54) is 13.2 Å². The van der Waals surface area contributed by atoms with Crippen LogP contribution in [0.5, 0.6) is 5.88 Å². The van der Waals surface area contributed by atoms with Crippen molar-refractivity contribution in [1.29, 1.82) is 0 Å². The van der Waals surface area contributed by atoms with Gasteiger partial charge in [0.15, 0.2) is 0 Å². The summed E-state index contributed by atoms with van der Waals surface area (Å²) in [5, 5.41) is 8.86. The molecule has 1 aromatic heterocycles. The highest BCUT2D eigenvalue weighted by Gasteiger charge is 2.17. The number of hydrogen-bond acceptors (Lipinski definition) is 3. The summed E-state index contributed by atoms with van der Waals surface area (Å²) in [7, 11) is 1.27. The summed E-state index contributed by atoms with van der Waals surface area (Å²) in [4.78, 5) is 3.77. The van der Waals surface area contributed by atoms with Crippen molar-refractivity contribution in [1.82, 2.24) is 4.98 Å². The van der Waals surface area contributed by atoms with Crippen molar-refractivity contribution >= 4 is 22.6 Å². The Bertz CT molecular complexity index is 333. The zero-order valence-corrected chi connectivity index (χ0v) is 9.46. The quantitative estimate of drug-likeness (QED) is 0.869. The molecule has 1 aromatic rings. The molecule has 1 rings (SSSR count). The smallest absolute Gasteiger partial charge is 0.269 e. The number of pyridine rings is 1. The van der Waals surface area contributed by atoms with E-state index in [0.29, 0.717) is 9.26 Å². The van der Waals surface area contributed by atoms with E-state index in [1.54, 1.807) is 0 Å². The summed E-state index contributed by atoms with van der Waals surface area (Å²) >= 11 is 1.84. The number of rotatable bonds is 3. The average Bonchev–Trinajstić information content (AvgIpc) is 2.17. The molecule has 0 atom stereocenters. The van der Waals surface area contributed by atoms with E-state index in [2.05, 4.69) is 4.98 Å². The number of hydrogen-bond donors (Lipinski definition) is 1. The largest absolute Gasteiger partial charge is 0.481 e. The Kier molecular flexibility index (Phi) is 3.99. The molecule has 78 valence electrons. The number of ether oxygens (including phenoxy) is 1. The number of halogens is 3. The van der Waals surface area contributed by atoms with Gasteiger partial charge in [-0.05, 0) is 28.7 Å². The topological polar surface area (TPSA) is 42.4 Å². The lowest BCUT2D eigenvalue weighted by atomic mass is 10.2. The molecule has 14 heavy (non-hydrogen) atoms. The van der Waals surface area contributed by atoms with Gasteiger partial charge < -0.3 is 9.84 Å². The first-order valence-corrected chi connectivity index (χ1v) is 4.80. The Morgan fingerprint density at radius 2 is 2.29 bits per heavy atom. The van der Waals surface area contributed by atoms with Crippen LogP contribution in [0.25, 0.3) is 0 Å². The van der Waals surface area contributed by atoms with Crippen LogP contribution < -0.4 is 4.74 Å². The number of nitrogens with zero attached hydrogens (tertiary/aromatic N) is 1. The van der Waals surface area contributed by atoms with Crippen LogP contribution in [0.15, 0.2) is 6.07 Å². The maximum absolute atomic E-state index is 12.4. The van der Waals surface area contributed by atoms with E-state index in [9.17, 15) is 8.78 Å². The molecule has 0 radical (unpaired) electrons. The van der Waals surface area contributed by atoms with Crippen LogP contribution in [-0.2, 0) is 6.61 Å². The number of alkyl halides is 2. The van der Waals surface area contributed by atoms with Gasteiger partial charge in [0.25, 0.3) is 6.43 Å². The summed E-state index contributed by atoms with van der Waals surface area (Å²) in [6, 6.07) is 1.27. The molecule has 0 saturated carbocycles. The predicted octanol–water partition coefficient (Wildman–Crippen LogP) is 2.12. The van der Waals surface area contributed by atoms with E-state index >= 15 is 0 Å².